The molecule has 0 N–H and O–H groups in total. The maximum atomic E-state index is 6.50. The van der Waals surface area contributed by atoms with Crippen molar-refractivity contribution >= 4 is 5.69 Å². The van der Waals surface area contributed by atoms with Gasteiger partial charge in [0.25, 0.3) is 0 Å². The summed E-state index contributed by atoms with van der Waals surface area (Å²) >= 11 is 0. The zero-order valence-electron chi connectivity index (χ0n) is 34.9. The average molecular weight is 733 g/mol. The molecule has 0 radical (unpaired) electrons. The Hall–Kier alpha value is -2.14. The molecule has 1 aromatic carbocycles. The molecule has 53 heavy (non-hydrogen) atoms. The summed E-state index contributed by atoms with van der Waals surface area (Å²) in [6, 6.07) is 10.9. The molecule has 1 unspecified atom stereocenters. The van der Waals surface area contributed by atoms with Crippen LogP contribution in [-0.2, 0) is 9.47 Å². The molecule has 0 aliphatic carbocycles. The molecule has 1 aliphatic rings. The van der Waals surface area contributed by atoms with Gasteiger partial charge in [0.05, 0.1) is 12.7 Å². The highest BCUT2D eigenvalue weighted by Crippen LogP contribution is 2.17. The van der Waals surface area contributed by atoms with E-state index < -0.39 is 0 Å². The molecule has 0 saturated carbocycles. The molecule has 4 nitrogen and oxygen atoms in total. The summed E-state index contributed by atoms with van der Waals surface area (Å²) < 4.78 is 12.7. The van der Waals surface area contributed by atoms with Crippen LogP contribution in [0.15, 0.2) is 78.9 Å². The van der Waals surface area contributed by atoms with Crippen molar-refractivity contribution in [1.82, 2.24) is 4.90 Å². The Kier molecular flexibility index (Phi) is 32.7. The smallest absolute Gasteiger partial charge is 0.0934 e. The number of piperazine rings is 1. The van der Waals surface area contributed by atoms with Crippen LogP contribution in [0.2, 0.25) is 0 Å². The summed E-state index contributed by atoms with van der Waals surface area (Å²) in [4.78, 5) is 5.10. The van der Waals surface area contributed by atoms with Gasteiger partial charge in [0.2, 0.25) is 0 Å². The van der Waals surface area contributed by atoms with Crippen molar-refractivity contribution in [3.63, 3.8) is 0 Å². The molecule has 1 fully saturated rings. The summed E-state index contributed by atoms with van der Waals surface area (Å²) in [5.74, 6) is 0. The normalized spacial score (nSPS) is 14.9. The highest BCUT2D eigenvalue weighted by Gasteiger charge is 2.21. The Balaban J connectivity index is 1.54. The Morgan fingerprint density at radius 2 is 0.962 bits per heavy atom. The number of allylic oxidation sites excluding steroid dienone is 8. The number of hydrogen-bond donors (Lipinski definition) is 0. The number of anilines is 1. The number of para-hydroxylation sites is 1. The molecule has 0 aromatic heterocycles. The van der Waals surface area contributed by atoms with E-state index in [4.69, 9.17) is 9.47 Å². The van der Waals surface area contributed by atoms with E-state index in [1.165, 1.54) is 141 Å². The standard InChI is InChI=1S/C49H84N2O2/c1-3-5-7-9-11-13-15-17-19-21-23-25-27-29-31-36-44-52-47-49(46-50-40-42-51(43-41-50)48-38-34-33-35-39-48)53-45-37-32-30-28-26-24-22-20-18-16-14-12-10-8-6-4-2/h11-14,17-20,33-35,38-39,49H,3-10,15-16,21-32,36-37,40-47H2,1-2H3/b13-11-,14-12-,19-17-,20-18-. The van der Waals surface area contributed by atoms with Crippen LogP contribution in [0.25, 0.3) is 0 Å². The van der Waals surface area contributed by atoms with E-state index in [0.717, 1.165) is 71.8 Å². The van der Waals surface area contributed by atoms with Crippen LogP contribution in [0.5, 0.6) is 0 Å². The zero-order chi connectivity index (χ0) is 37.5. The molecule has 1 heterocycles. The predicted molar refractivity (Wildman–Crippen MR) is 234 cm³/mol. The highest BCUT2D eigenvalue weighted by molar-refractivity contribution is 5.46. The molecule has 0 bridgehead atoms. The van der Waals surface area contributed by atoms with Gasteiger partial charge in [-0.1, -0.05) is 158 Å². The molecule has 2 rings (SSSR count). The fourth-order valence-corrected chi connectivity index (χ4v) is 7.02. The lowest BCUT2D eigenvalue weighted by molar-refractivity contribution is -0.0348. The van der Waals surface area contributed by atoms with Crippen molar-refractivity contribution in [1.29, 1.82) is 0 Å². The number of ether oxygens (including phenoxy) is 2. The van der Waals surface area contributed by atoms with E-state index in [1.54, 1.807) is 0 Å². The Labute approximate surface area is 329 Å². The van der Waals surface area contributed by atoms with E-state index in [1.807, 2.05) is 0 Å². The molecule has 0 spiro atoms. The van der Waals surface area contributed by atoms with Crippen LogP contribution in [0.4, 0.5) is 5.69 Å². The molecular formula is C49H84N2O2. The first kappa shape index (κ1) is 47.0. The first-order valence-corrected chi connectivity index (χ1v) is 22.6. The molecule has 1 aromatic rings. The first-order valence-electron chi connectivity index (χ1n) is 22.6. The average Bonchev–Trinajstić information content (AvgIpc) is 3.19. The summed E-state index contributed by atoms with van der Waals surface area (Å²) in [5, 5.41) is 0. The fraction of sp³-hybridized carbons (Fsp3) is 0.714. The maximum absolute atomic E-state index is 6.50. The van der Waals surface area contributed by atoms with Crippen LogP contribution < -0.4 is 4.90 Å². The third-order valence-corrected chi connectivity index (χ3v) is 10.4. The van der Waals surface area contributed by atoms with Crippen LogP contribution in [0.3, 0.4) is 0 Å². The van der Waals surface area contributed by atoms with Gasteiger partial charge < -0.3 is 14.4 Å². The van der Waals surface area contributed by atoms with E-state index in [0.29, 0.717) is 0 Å². The molecule has 1 atom stereocenters. The van der Waals surface area contributed by atoms with Gasteiger partial charge in [0.1, 0.15) is 0 Å². The molecule has 1 aliphatic heterocycles. The lowest BCUT2D eigenvalue weighted by Gasteiger charge is -2.37. The van der Waals surface area contributed by atoms with Gasteiger partial charge in [-0.25, -0.2) is 0 Å². The van der Waals surface area contributed by atoms with E-state index in [-0.39, 0.29) is 6.10 Å². The third-order valence-electron chi connectivity index (χ3n) is 10.4. The minimum absolute atomic E-state index is 0.167. The van der Waals surface area contributed by atoms with Crippen molar-refractivity contribution in [2.24, 2.45) is 0 Å². The minimum Gasteiger partial charge on any atom is -0.379 e. The summed E-state index contributed by atoms with van der Waals surface area (Å²) in [6.07, 6.45) is 49.6. The molecular weight excluding hydrogens is 649 g/mol. The number of nitrogens with zero attached hydrogens (tertiary/aromatic N) is 2. The van der Waals surface area contributed by atoms with Crippen LogP contribution in [-0.4, -0.2) is 63.5 Å². The maximum Gasteiger partial charge on any atom is 0.0934 e. The topological polar surface area (TPSA) is 24.9 Å². The lowest BCUT2D eigenvalue weighted by atomic mass is 10.1. The molecule has 1 saturated heterocycles. The van der Waals surface area contributed by atoms with Crippen molar-refractivity contribution in [2.45, 2.75) is 174 Å². The quantitative estimate of drug-likeness (QED) is 0.0507. The van der Waals surface area contributed by atoms with Gasteiger partial charge in [-0.3, -0.25) is 4.90 Å². The van der Waals surface area contributed by atoms with Crippen molar-refractivity contribution in [3.8, 4) is 0 Å². The van der Waals surface area contributed by atoms with E-state index in [9.17, 15) is 0 Å². The number of hydrogen-bond acceptors (Lipinski definition) is 4. The number of unbranched alkanes of at least 4 members (excludes halogenated alkanes) is 18. The zero-order valence-corrected chi connectivity index (χ0v) is 34.9. The summed E-state index contributed by atoms with van der Waals surface area (Å²) in [5.41, 5.74) is 1.34. The van der Waals surface area contributed by atoms with Crippen molar-refractivity contribution in [3.05, 3.63) is 78.9 Å². The van der Waals surface area contributed by atoms with Crippen molar-refractivity contribution in [2.75, 3.05) is 57.4 Å². The number of rotatable bonds is 36. The third kappa shape index (κ3) is 28.9. The molecule has 0 amide bonds. The number of benzene rings is 1. The van der Waals surface area contributed by atoms with Gasteiger partial charge in [-0.15, -0.1) is 0 Å². The molecule has 302 valence electrons. The van der Waals surface area contributed by atoms with E-state index >= 15 is 0 Å². The Bertz CT molecular complexity index is 1010. The second kappa shape index (κ2) is 36.8. The Morgan fingerprint density at radius 3 is 1.47 bits per heavy atom. The monoisotopic (exact) mass is 733 g/mol. The first-order chi connectivity index (χ1) is 26.3. The highest BCUT2D eigenvalue weighted by atomic mass is 16.5. The second-order valence-corrected chi connectivity index (χ2v) is 15.4. The Morgan fingerprint density at radius 1 is 0.509 bits per heavy atom. The van der Waals surface area contributed by atoms with E-state index in [2.05, 4.69) is 103 Å². The minimum atomic E-state index is 0.167. The van der Waals surface area contributed by atoms with Gasteiger partial charge in [0, 0.05) is 51.6 Å². The largest absolute Gasteiger partial charge is 0.379 e. The lowest BCUT2D eigenvalue weighted by Crippen LogP contribution is -2.49. The summed E-state index contributed by atoms with van der Waals surface area (Å²) in [7, 11) is 0. The van der Waals surface area contributed by atoms with Gasteiger partial charge in [-0.05, 0) is 89.2 Å². The van der Waals surface area contributed by atoms with Gasteiger partial charge in [-0.2, -0.15) is 0 Å². The molecule has 4 heteroatoms. The van der Waals surface area contributed by atoms with Crippen LogP contribution in [0, 0.1) is 0 Å². The van der Waals surface area contributed by atoms with Gasteiger partial charge >= 0.3 is 0 Å². The fourth-order valence-electron chi connectivity index (χ4n) is 7.02. The van der Waals surface area contributed by atoms with Crippen LogP contribution >= 0.6 is 0 Å². The SMILES string of the molecule is CCCCC/C=C\C/C=C\CCCCCCCCOCC(CN1CCN(c2ccccc2)CC1)OCCCCCCCC/C=C\C/C=C\CCCCC. The summed E-state index contributed by atoms with van der Waals surface area (Å²) in [6.45, 7) is 12.3. The van der Waals surface area contributed by atoms with Crippen molar-refractivity contribution < 1.29 is 9.47 Å². The predicted octanol–water partition coefficient (Wildman–Crippen LogP) is 13.8. The van der Waals surface area contributed by atoms with Gasteiger partial charge in [0.15, 0.2) is 0 Å². The van der Waals surface area contributed by atoms with Crippen LogP contribution in [0.1, 0.15) is 168 Å². The second-order valence-electron chi connectivity index (χ2n) is 15.4.